The summed E-state index contributed by atoms with van der Waals surface area (Å²) in [5.41, 5.74) is 2.14. The normalized spacial score (nSPS) is 24.4. The van der Waals surface area contributed by atoms with Gasteiger partial charge in [-0.3, -0.25) is 24.5 Å². The van der Waals surface area contributed by atoms with Crippen molar-refractivity contribution in [2.45, 2.75) is 19.0 Å². The van der Waals surface area contributed by atoms with Crippen LogP contribution in [0.5, 0.6) is 0 Å². The molecular formula is C26H19N3O6. The Bertz CT molecular complexity index is 1440. The molecule has 0 aliphatic carbocycles. The summed E-state index contributed by atoms with van der Waals surface area (Å²) >= 11 is 0. The van der Waals surface area contributed by atoms with Crippen molar-refractivity contribution < 1.29 is 23.7 Å². The standard InChI is InChI=1S/C26H19N3O6/c1-14-8-10-16(29(33)34)13-19(14)28-25(31)21-18-11-9-15-5-2-3-6-17(15)27(18)23(22(21)26(28)32)24(30)20-7-4-12-35-20/h2-13,18,21-23H,1H3/t18-,21+,22-,23+/m1/s1. The number of imide groups is 1. The first-order chi connectivity index (χ1) is 16.9. The molecule has 0 spiro atoms. The Hall–Kier alpha value is -4.53. The van der Waals surface area contributed by atoms with Gasteiger partial charge in [-0.2, -0.15) is 0 Å². The molecule has 9 nitrogen and oxygen atoms in total. The fourth-order valence-corrected chi connectivity index (χ4v) is 5.57. The predicted octanol–water partition coefficient (Wildman–Crippen LogP) is 3.77. The first kappa shape index (κ1) is 21.0. The van der Waals surface area contributed by atoms with Crippen molar-refractivity contribution in [2.75, 3.05) is 9.80 Å². The second-order valence-electron chi connectivity index (χ2n) is 8.89. The summed E-state index contributed by atoms with van der Waals surface area (Å²) in [4.78, 5) is 55.0. The lowest BCUT2D eigenvalue weighted by atomic mass is 9.87. The highest BCUT2D eigenvalue weighted by Gasteiger charge is 2.64. The zero-order chi connectivity index (χ0) is 24.4. The van der Waals surface area contributed by atoms with E-state index < -0.39 is 46.4 Å². The number of anilines is 2. The van der Waals surface area contributed by atoms with Crippen LogP contribution in [0.1, 0.15) is 21.7 Å². The average Bonchev–Trinajstić information content (AvgIpc) is 3.56. The van der Waals surface area contributed by atoms with Gasteiger partial charge in [0.25, 0.3) is 5.69 Å². The molecule has 3 aliphatic rings. The van der Waals surface area contributed by atoms with E-state index in [4.69, 9.17) is 4.42 Å². The molecule has 3 aliphatic heterocycles. The van der Waals surface area contributed by atoms with Crippen LogP contribution < -0.4 is 9.80 Å². The molecule has 35 heavy (non-hydrogen) atoms. The lowest BCUT2D eigenvalue weighted by molar-refractivity contribution is -0.384. The highest BCUT2D eigenvalue weighted by molar-refractivity contribution is 6.25. The summed E-state index contributed by atoms with van der Waals surface area (Å²) in [5.74, 6) is -3.11. The van der Waals surface area contributed by atoms with Gasteiger partial charge >= 0.3 is 0 Å². The highest BCUT2D eigenvalue weighted by Crippen LogP contribution is 2.50. The van der Waals surface area contributed by atoms with Gasteiger partial charge in [-0.1, -0.05) is 36.4 Å². The van der Waals surface area contributed by atoms with Crippen molar-refractivity contribution in [1.29, 1.82) is 0 Å². The van der Waals surface area contributed by atoms with Crippen molar-refractivity contribution in [2.24, 2.45) is 11.8 Å². The number of amides is 2. The van der Waals surface area contributed by atoms with Crippen LogP contribution in [0.25, 0.3) is 6.08 Å². The zero-order valence-corrected chi connectivity index (χ0v) is 18.5. The molecule has 2 saturated heterocycles. The number of benzene rings is 2. The van der Waals surface area contributed by atoms with Crippen LogP contribution in [-0.4, -0.2) is 34.6 Å². The minimum Gasteiger partial charge on any atom is -0.461 e. The van der Waals surface area contributed by atoms with Gasteiger partial charge in [0, 0.05) is 17.8 Å². The number of para-hydroxylation sites is 1. The van der Waals surface area contributed by atoms with Crippen molar-refractivity contribution in [3.8, 4) is 0 Å². The highest BCUT2D eigenvalue weighted by atomic mass is 16.6. The number of aryl methyl sites for hydroxylation is 1. The number of Topliss-reactive ketones (excluding diaryl/α,β-unsaturated/α-hetero) is 1. The summed E-state index contributed by atoms with van der Waals surface area (Å²) in [6.45, 7) is 1.68. The topological polar surface area (TPSA) is 114 Å². The first-order valence-electron chi connectivity index (χ1n) is 11.1. The second kappa shape index (κ2) is 7.49. The number of fused-ring (bicyclic) bond motifs is 5. The number of nitro groups is 1. The van der Waals surface area contributed by atoms with Crippen molar-refractivity contribution in [1.82, 2.24) is 0 Å². The molecule has 6 rings (SSSR count). The molecule has 2 aromatic carbocycles. The molecule has 9 heteroatoms. The van der Waals surface area contributed by atoms with Gasteiger partial charge in [0.15, 0.2) is 5.76 Å². The molecule has 2 amide bonds. The maximum absolute atomic E-state index is 13.9. The Labute approximate surface area is 199 Å². The predicted molar refractivity (Wildman–Crippen MR) is 126 cm³/mol. The molecule has 3 aromatic rings. The van der Waals surface area contributed by atoms with Gasteiger partial charge in [-0.15, -0.1) is 0 Å². The van der Waals surface area contributed by atoms with E-state index in [0.29, 0.717) is 5.56 Å². The Morgan fingerprint density at radius 3 is 2.51 bits per heavy atom. The summed E-state index contributed by atoms with van der Waals surface area (Å²) in [5, 5.41) is 11.4. The minimum absolute atomic E-state index is 0.103. The molecular weight excluding hydrogens is 450 g/mol. The molecule has 0 radical (unpaired) electrons. The third-order valence-corrected chi connectivity index (χ3v) is 7.09. The van der Waals surface area contributed by atoms with Crippen molar-refractivity contribution >= 4 is 40.7 Å². The quantitative estimate of drug-likeness (QED) is 0.247. The molecule has 4 heterocycles. The van der Waals surface area contributed by atoms with Gasteiger partial charge in [0.05, 0.1) is 34.8 Å². The van der Waals surface area contributed by atoms with Gasteiger partial charge in [-0.25, -0.2) is 4.90 Å². The molecule has 4 atom stereocenters. The molecule has 0 saturated carbocycles. The number of hydrogen-bond donors (Lipinski definition) is 0. The van der Waals surface area contributed by atoms with Crippen LogP contribution in [0.2, 0.25) is 0 Å². The zero-order valence-electron chi connectivity index (χ0n) is 18.5. The summed E-state index contributed by atoms with van der Waals surface area (Å²) in [7, 11) is 0. The number of furan rings is 1. The smallest absolute Gasteiger partial charge is 0.271 e. The number of carbonyl (C=O) groups is 3. The maximum Gasteiger partial charge on any atom is 0.271 e. The average molecular weight is 469 g/mol. The van der Waals surface area contributed by atoms with Crippen LogP contribution in [0.15, 0.2) is 71.4 Å². The van der Waals surface area contributed by atoms with E-state index in [9.17, 15) is 24.5 Å². The Morgan fingerprint density at radius 2 is 1.77 bits per heavy atom. The second-order valence-corrected chi connectivity index (χ2v) is 8.89. The number of ketones is 1. The van der Waals surface area contributed by atoms with E-state index >= 15 is 0 Å². The third kappa shape index (κ3) is 2.91. The number of carbonyl (C=O) groups excluding carboxylic acids is 3. The van der Waals surface area contributed by atoms with E-state index in [1.165, 1.54) is 24.5 Å². The fourth-order valence-electron chi connectivity index (χ4n) is 5.57. The summed E-state index contributed by atoms with van der Waals surface area (Å²) in [6.07, 6.45) is 5.14. The van der Waals surface area contributed by atoms with E-state index in [-0.39, 0.29) is 17.1 Å². The van der Waals surface area contributed by atoms with Crippen molar-refractivity contribution in [3.63, 3.8) is 0 Å². The Morgan fingerprint density at radius 1 is 1.00 bits per heavy atom. The van der Waals surface area contributed by atoms with E-state index in [0.717, 1.165) is 16.2 Å². The maximum atomic E-state index is 13.9. The molecule has 0 unspecified atom stereocenters. The number of hydrogen-bond acceptors (Lipinski definition) is 7. The number of rotatable bonds is 4. The van der Waals surface area contributed by atoms with Gasteiger partial charge in [0.1, 0.15) is 6.04 Å². The Kier molecular flexibility index (Phi) is 4.50. The van der Waals surface area contributed by atoms with Crippen LogP contribution in [0.4, 0.5) is 17.1 Å². The lowest BCUT2D eigenvalue weighted by Gasteiger charge is -2.36. The number of nitrogens with zero attached hydrogens (tertiary/aromatic N) is 3. The molecule has 2 fully saturated rings. The third-order valence-electron chi connectivity index (χ3n) is 7.09. The van der Waals surface area contributed by atoms with Crippen LogP contribution in [0, 0.1) is 28.9 Å². The largest absolute Gasteiger partial charge is 0.461 e. The van der Waals surface area contributed by atoms with Gasteiger partial charge < -0.3 is 9.32 Å². The van der Waals surface area contributed by atoms with E-state index in [1.807, 2.05) is 41.3 Å². The van der Waals surface area contributed by atoms with Gasteiger partial charge in [-0.05, 0) is 36.2 Å². The fraction of sp³-hybridized carbons (Fsp3) is 0.192. The first-order valence-corrected chi connectivity index (χ1v) is 11.1. The molecule has 0 bridgehead atoms. The SMILES string of the molecule is Cc1ccc([N+](=O)[O-])cc1N1C(=O)[C@@H]2[C@@H](C1=O)[C@@H](C(=O)c1ccco1)N1c3ccccc3C=C[C@H]21. The number of nitro benzene ring substituents is 1. The van der Waals surface area contributed by atoms with Gasteiger partial charge in [0.2, 0.25) is 17.6 Å². The van der Waals surface area contributed by atoms with Crippen LogP contribution in [-0.2, 0) is 9.59 Å². The van der Waals surface area contributed by atoms with E-state index in [2.05, 4.69) is 0 Å². The number of non-ortho nitro benzene ring substituents is 1. The van der Waals surface area contributed by atoms with Crippen LogP contribution in [0.3, 0.4) is 0 Å². The molecule has 1 aromatic heterocycles. The molecule has 0 N–H and O–H groups in total. The Balaban J connectivity index is 1.50. The summed E-state index contributed by atoms with van der Waals surface area (Å²) < 4.78 is 5.38. The summed E-state index contributed by atoms with van der Waals surface area (Å²) in [6, 6.07) is 13.2. The van der Waals surface area contributed by atoms with Crippen LogP contribution >= 0.6 is 0 Å². The monoisotopic (exact) mass is 469 g/mol. The minimum atomic E-state index is -0.973. The lowest BCUT2D eigenvalue weighted by Crippen LogP contribution is -2.48. The van der Waals surface area contributed by atoms with E-state index in [1.54, 1.807) is 19.1 Å². The molecule has 174 valence electrons. The van der Waals surface area contributed by atoms with Crippen molar-refractivity contribution in [3.05, 3.63) is 93.9 Å².